The minimum atomic E-state index is -0.330. The van der Waals surface area contributed by atoms with Gasteiger partial charge in [-0.1, -0.05) is 12.2 Å². The first kappa shape index (κ1) is 29.6. The average molecular weight is 552 g/mol. The van der Waals surface area contributed by atoms with Gasteiger partial charge in [-0.3, -0.25) is 4.79 Å². The van der Waals surface area contributed by atoms with Gasteiger partial charge in [0.2, 0.25) is 11.5 Å². The first-order chi connectivity index (χ1) is 19.3. The van der Waals surface area contributed by atoms with Gasteiger partial charge in [-0.25, -0.2) is 0 Å². The van der Waals surface area contributed by atoms with E-state index in [0.29, 0.717) is 51.3 Å². The SMILES string of the molecule is COc1ccc(/C=C\c2cc(OC)c(OC)c(OC)c2)c(N/C=C\C(=O)c2cc(OC)c(OC)c(OC)c2)c1O. The van der Waals surface area contributed by atoms with E-state index < -0.39 is 0 Å². The number of ketones is 1. The molecule has 0 fully saturated rings. The first-order valence-corrected chi connectivity index (χ1v) is 12.0. The lowest BCUT2D eigenvalue weighted by Crippen LogP contribution is -2.01. The van der Waals surface area contributed by atoms with Crippen molar-refractivity contribution in [2.75, 3.05) is 55.1 Å². The number of phenols is 1. The molecule has 0 amide bonds. The molecule has 3 aromatic carbocycles. The van der Waals surface area contributed by atoms with Crippen molar-refractivity contribution in [2.45, 2.75) is 0 Å². The molecule has 0 aliphatic carbocycles. The Labute approximate surface area is 233 Å². The van der Waals surface area contributed by atoms with E-state index in [1.165, 1.54) is 47.8 Å². The molecule has 3 aromatic rings. The van der Waals surface area contributed by atoms with E-state index >= 15 is 0 Å². The number of nitrogens with one attached hydrogen (secondary N) is 1. The number of anilines is 1. The van der Waals surface area contributed by atoms with Crippen LogP contribution in [0.2, 0.25) is 0 Å². The summed E-state index contributed by atoms with van der Waals surface area (Å²) in [7, 11) is 10.5. The third-order valence-corrected chi connectivity index (χ3v) is 5.95. The predicted octanol–water partition coefficient (Wildman–Crippen LogP) is 5.43. The highest BCUT2D eigenvalue weighted by Crippen LogP contribution is 2.41. The summed E-state index contributed by atoms with van der Waals surface area (Å²) in [5.74, 6) is 2.39. The van der Waals surface area contributed by atoms with Crippen molar-refractivity contribution in [2.24, 2.45) is 0 Å². The molecule has 212 valence electrons. The smallest absolute Gasteiger partial charge is 0.203 e. The Morgan fingerprint density at radius 3 is 1.65 bits per heavy atom. The Morgan fingerprint density at radius 1 is 0.675 bits per heavy atom. The van der Waals surface area contributed by atoms with Gasteiger partial charge in [0.25, 0.3) is 0 Å². The van der Waals surface area contributed by atoms with Crippen molar-refractivity contribution in [1.82, 2.24) is 0 Å². The van der Waals surface area contributed by atoms with Crippen LogP contribution in [0.4, 0.5) is 5.69 Å². The number of hydrogen-bond acceptors (Lipinski definition) is 10. The Balaban J connectivity index is 1.93. The van der Waals surface area contributed by atoms with E-state index in [2.05, 4.69) is 5.32 Å². The van der Waals surface area contributed by atoms with Crippen LogP contribution in [0.15, 0.2) is 48.7 Å². The van der Waals surface area contributed by atoms with Crippen LogP contribution in [-0.4, -0.2) is 60.7 Å². The minimum Gasteiger partial charge on any atom is -0.503 e. The van der Waals surface area contributed by atoms with Gasteiger partial charge in [-0.05, 0) is 42.0 Å². The third kappa shape index (κ3) is 6.35. The lowest BCUT2D eigenvalue weighted by Gasteiger charge is -2.14. The summed E-state index contributed by atoms with van der Waals surface area (Å²) in [6, 6.07) is 10.1. The average Bonchev–Trinajstić information content (AvgIpc) is 2.99. The molecule has 0 aliphatic rings. The zero-order chi connectivity index (χ0) is 29.2. The molecule has 0 saturated heterocycles. The van der Waals surface area contributed by atoms with Crippen molar-refractivity contribution < 1.29 is 43.1 Å². The number of phenolic OH excluding ortho intramolecular Hbond substituents is 1. The number of methoxy groups -OCH3 is 7. The summed E-state index contributed by atoms with van der Waals surface area (Å²) in [6.45, 7) is 0. The van der Waals surface area contributed by atoms with E-state index in [4.69, 9.17) is 33.2 Å². The van der Waals surface area contributed by atoms with Crippen LogP contribution in [0.3, 0.4) is 0 Å². The summed E-state index contributed by atoms with van der Waals surface area (Å²) in [5.41, 5.74) is 2.04. The van der Waals surface area contributed by atoms with Crippen molar-refractivity contribution in [3.63, 3.8) is 0 Å². The van der Waals surface area contributed by atoms with E-state index in [1.54, 1.807) is 56.7 Å². The number of carbonyl (C=O) groups is 1. The van der Waals surface area contributed by atoms with Crippen molar-refractivity contribution in [3.8, 4) is 46.0 Å². The maximum atomic E-state index is 12.9. The highest BCUT2D eigenvalue weighted by molar-refractivity contribution is 6.05. The van der Waals surface area contributed by atoms with Crippen molar-refractivity contribution >= 4 is 23.6 Å². The number of allylic oxidation sites excluding steroid dienone is 1. The number of benzene rings is 3. The van der Waals surface area contributed by atoms with Gasteiger partial charge in [-0.15, -0.1) is 0 Å². The Kier molecular flexibility index (Phi) is 10.1. The first-order valence-electron chi connectivity index (χ1n) is 12.0. The van der Waals surface area contributed by atoms with Crippen LogP contribution in [0.1, 0.15) is 21.5 Å². The molecule has 0 saturated carbocycles. The monoisotopic (exact) mass is 551 g/mol. The number of hydrogen-bond donors (Lipinski definition) is 2. The molecule has 0 unspecified atom stereocenters. The highest BCUT2D eigenvalue weighted by Gasteiger charge is 2.17. The molecule has 0 atom stereocenters. The van der Waals surface area contributed by atoms with Crippen LogP contribution >= 0.6 is 0 Å². The molecule has 0 bridgehead atoms. The van der Waals surface area contributed by atoms with Crippen LogP contribution < -0.4 is 38.5 Å². The summed E-state index contributed by atoms with van der Waals surface area (Å²) in [6.07, 6.45) is 6.36. The zero-order valence-corrected chi connectivity index (χ0v) is 23.5. The highest BCUT2D eigenvalue weighted by atomic mass is 16.5. The molecule has 10 heteroatoms. The molecule has 0 spiro atoms. The fourth-order valence-electron chi connectivity index (χ4n) is 3.95. The van der Waals surface area contributed by atoms with Gasteiger partial charge in [0.05, 0.1) is 55.5 Å². The van der Waals surface area contributed by atoms with Crippen molar-refractivity contribution in [1.29, 1.82) is 0 Å². The minimum absolute atomic E-state index is 0.126. The van der Waals surface area contributed by atoms with Gasteiger partial charge < -0.3 is 43.6 Å². The second-order valence-corrected chi connectivity index (χ2v) is 8.13. The van der Waals surface area contributed by atoms with Gasteiger partial charge in [0.1, 0.15) is 0 Å². The molecule has 0 aromatic heterocycles. The fourth-order valence-corrected chi connectivity index (χ4v) is 3.95. The topological polar surface area (TPSA) is 114 Å². The molecule has 40 heavy (non-hydrogen) atoms. The molecule has 3 rings (SSSR count). The number of rotatable bonds is 13. The van der Waals surface area contributed by atoms with Crippen LogP contribution in [0, 0.1) is 0 Å². The zero-order valence-electron chi connectivity index (χ0n) is 23.5. The Bertz CT molecular complexity index is 1360. The van der Waals surface area contributed by atoms with Crippen LogP contribution in [-0.2, 0) is 0 Å². The predicted molar refractivity (Wildman–Crippen MR) is 153 cm³/mol. The number of ether oxygens (including phenoxy) is 7. The van der Waals surface area contributed by atoms with E-state index in [9.17, 15) is 9.90 Å². The quantitative estimate of drug-likeness (QED) is 0.123. The van der Waals surface area contributed by atoms with Crippen LogP contribution in [0.5, 0.6) is 46.0 Å². The third-order valence-electron chi connectivity index (χ3n) is 5.95. The molecular weight excluding hydrogens is 518 g/mol. The summed E-state index contributed by atoms with van der Waals surface area (Å²) < 4.78 is 37.5. The Morgan fingerprint density at radius 2 is 1.18 bits per heavy atom. The standard InChI is InChI=1S/C30H33NO9/c1-34-22-11-10-19(9-8-18-14-23(35-2)29(39-6)24(15-18)36-3)27(28(22)33)31-13-12-21(32)20-16-25(37-4)30(40-7)26(17-20)38-5/h8-17,31,33H,1-7H3/b9-8-,13-12-. The van der Waals surface area contributed by atoms with Gasteiger partial charge in [-0.2, -0.15) is 0 Å². The maximum Gasteiger partial charge on any atom is 0.203 e. The number of carbonyl (C=O) groups excluding carboxylic acids is 1. The van der Waals surface area contributed by atoms with Crippen molar-refractivity contribution in [3.05, 3.63) is 65.4 Å². The van der Waals surface area contributed by atoms with E-state index in [0.717, 1.165) is 5.56 Å². The fraction of sp³-hybridized carbons (Fsp3) is 0.233. The lowest BCUT2D eigenvalue weighted by molar-refractivity contribution is 0.104. The molecule has 2 N–H and O–H groups in total. The van der Waals surface area contributed by atoms with Gasteiger partial charge in [0, 0.05) is 23.4 Å². The maximum absolute atomic E-state index is 12.9. The summed E-state index contributed by atoms with van der Waals surface area (Å²) in [4.78, 5) is 12.9. The van der Waals surface area contributed by atoms with Gasteiger partial charge in [0.15, 0.2) is 40.3 Å². The largest absolute Gasteiger partial charge is 0.503 e. The second-order valence-electron chi connectivity index (χ2n) is 8.13. The summed E-state index contributed by atoms with van der Waals surface area (Å²) in [5, 5.41) is 13.8. The molecule has 0 aliphatic heterocycles. The normalized spacial score (nSPS) is 10.9. The summed E-state index contributed by atoms with van der Waals surface area (Å²) >= 11 is 0. The molecule has 0 heterocycles. The number of aromatic hydroxyl groups is 1. The lowest BCUT2D eigenvalue weighted by atomic mass is 10.1. The van der Waals surface area contributed by atoms with Gasteiger partial charge >= 0.3 is 0 Å². The molecular formula is C30H33NO9. The molecule has 0 radical (unpaired) electrons. The van der Waals surface area contributed by atoms with E-state index in [-0.39, 0.29) is 17.3 Å². The van der Waals surface area contributed by atoms with E-state index in [1.807, 2.05) is 6.08 Å². The second kappa shape index (κ2) is 13.7. The Hall–Kier alpha value is -4.99. The molecule has 10 nitrogen and oxygen atoms in total. The van der Waals surface area contributed by atoms with Crippen LogP contribution in [0.25, 0.3) is 12.2 Å².